The fourth-order valence-corrected chi connectivity index (χ4v) is 6.25. The Bertz CT molecular complexity index is 1620. The van der Waals surface area contributed by atoms with Gasteiger partial charge in [0.25, 0.3) is 0 Å². The maximum Gasteiger partial charge on any atom is 0.306 e. The second kappa shape index (κ2) is 17.6. The molecule has 1 N–H and O–H groups in total. The normalized spacial score (nSPS) is 20.5. The van der Waals surface area contributed by atoms with Crippen LogP contribution in [-0.4, -0.2) is 88.4 Å². The van der Waals surface area contributed by atoms with Gasteiger partial charge in [-0.05, 0) is 63.1 Å². The van der Waals surface area contributed by atoms with E-state index in [-0.39, 0.29) is 73.3 Å². The molecule has 268 valence electrons. The van der Waals surface area contributed by atoms with Crippen LogP contribution in [0.5, 0.6) is 0 Å². The summed E-state index contributed by atoms with van der Waals surface area (Å²) in [5, 5.41) is 13.2. The summed E-state index contributed by atoms with van der Waals surface area (Å²) in [7, 11) is 1.28. The number of ether oxygens (including phenoxy) is 4. The Hall–Kier alpha value is -4.97. The van der Waals surface area contributed by atoms with Crippen LogP contribution in [0.25, 0.3) is 5.57 Å². The fraction of sp³-hybridized carbons (Fsp3) is 0.447. The molecule has 0 fully saturated rings. The quantitative estimate of drug-likeness (QED) is 0.103. The lowest BCUT2D eigenvalue weighted by Crippen LogP contribution is -3.15. The molecule has 12 heteroatoms. The molecule has 0 aliphatic heterocycles. The van der Waals surface area contributed by atoms with Crippen molar-refractivity contribution in [2.24, 2.45) is 11.8 Å². The molecular formula is C38H46N2O10. The minimum absolute atomic E-state index is 0.00779. The molecule has 0 bridgehead atoms. The lowest BCUT2D eigenvalue weighted by molar-refractivity contribution is -0.910. The van der Waals surface area contributed by atoms with Crippen LogP contribution in [0.1, 0.15) is 44.7 Å². The number of rotatable bonds is 18. The standard InChI is InChI=1S/C38H46N2O10/c1-6-39(7-2)27-13-14-28(24(4)21-27)36-37(45)35(38(36)46)25-9-11-26(12-10-25)40(8-3)17-18-49-33(43)15-16-34(44)50-20-19-48-32-23-29(41)31(47-5)22-30(32)42/h9-14,21-23,25-26,35,45H,6-8,15-20H2,1-5H3. The number of carbonyl (C=O) groups is 5. The zero-order chi connectivity index (χ0) is 36.4. The van der Waals surface area contributed by atoms with Gasteiger partial charge >= 0.3 is 11.9 Å². The number of esters is 2. The maximum atomic E-state index is 13.2. The number of aryl methyl sites for hydroxylation is 1. The summed E-state index contributed by atoms with van der Waals surface area (Å²) in [6.45, 7) is 11.0. The molecular weight excluding hydrogens is 644 g/mol. The predicted molar refractivity (Wildman–Crippen MR) is 182 cm³/mol. The number of nitrogens with zero attached hydrogens (tertiary/aromatic N) is 1. The second-order valence-electron chi connectivity index (χ2n) is 12.1. The van der Waals surface area contributed by atoms with Crippen molar-refractivity contribution in [1.29, 1.82) is 0 Å². The van der Waals surface area contributed by atoms with Crippen molar-refractivity contribution >= 4 is 40.5 Å². The van der Waals surface area contributed by atoms with E-state index in [9.17, 15) is 29.1 Å². The topological polar surface area (TPSA) is 153 Å². The smallest absolute Gasteiger partial charge is 0.306 e. The lowest BCUT2D eigenvalue weighted by atomic mass is 9.70. The molecule has 3 aliphatic rings. The number of allylic oxidation sites excluding steroid dienone is 6. The van der Waals surface area contributed by atoms with Gasteiger partial charge in [-0.25, -0.2) is 0 Å². The Balaban J connectivity index is 1.16. The van der Waals surface area contributed by atoms with E-state index in [1.165, 1.54) is 7.11 Å². The van der Waals surface area contributed by atoms with Crippen LogP contribution in [0, 0.1) is 18.8 Å². The van der Waals surface area contributed by atoms with Crippen LogP contribution >= 0.6 is 0 Å². The number of benzene rings is 1. The van der Waals surface area contributed by atoms with Crippen molar-refractivity contribution in [3.63, 3.8) is 0 Å². The van der Waals surface area contributed by atoms with Gasteiger partial charge in [0.15, 0.2) is 17.3 Å². The average Bonchev–Trinajstić information content (AvgIpc) is 3.11. The summed E-state index contributed by atoms with van der Waals surface area (Å²) >= 11 is 0. The van der Waals surface area contributed by atoms with Crippen molar-refractivity contribution in [2.75, 3.05) is 58.0 Å². The summed E-state index contributed by atoms with van der Waals surface area (Å²) in [4.78, 5) is 64.6. The molecule has 0 amide bonds. The molecule has 1 aromatic rings. The molecule has 0 aromatic heterocycles. The van der Waals surface area contributed by atoms with Crippen molar-refractivity contribution in [1.82, 2.24) is 0 Å². The Morgan fingerprint density at radius 1 is 0.860 bits per heavy atom. The number of methoxy groups -OCH3 is 1. The molecule has 0 heterocycles. The molecule has 0 radical (unpaired) electrons. The van der Waals surface area contributed by atoms with Gasteiger partial charge in [-0.15, -0.1) is 5.76 Å². The predicted octanol–water partition coefficient (Wildman–Crippen LogP) is 1.58. The number of nitrogens with one attached hydrogen (secondary N) is 1. The summed E-state index contributed by atoms with van der Waals surface area (Å²) in [6.07, 6.45) is 9.55. The Morgan fingerprint density at radius 2 is 1.48 bits per heavy atom. The van der Waals surface area contributed by atoms with Crippen LogP contribution in [-0.2, 0) is 42.9 Å². The SMILES string of the molecule is CCN(CC)c1ccc(C2=C([O-])C(C3C=CC([NH+](CC)CCOC(=O)CCC(=O)OCCOC4=CC(=O)C(OC)=CC4=O)C=C3)C2=O)c(C)c1. The van der Waals surface area contributed by atoms with E-state index in [2.05, 4.69) is 18.7 Å². The number of hydrogen-bond acceptors (Lipinski definition) is 11. The van der Waals surface area contributed by atoms with Crippen molar-refractivity contribution in [3.05, 3.63) is 83.1 Å². The first-order chi connectivity index (χ1) is 24.0. The average molecular weight is 691 g/mol. The first kappa shape index (κ1) is 37.8. The van der Waals surface area contributed by atoms with Gasteiger partial charge < -0.3 is 33.9 Å². The van der Waals surface area contributed by atoms with Gasteiger partial charge in [0, 0.05) is 48.3 Å². The molecule has 12 nitrogen and oxygen atoms in total. The first-order valence-corrected chi connectivity index (χ1v) is 17.0. The van der Waals surface area contributed by atoms with Crippen molar-refractivity contribution < 1.29 is 52.9 Å². The lowest BCUT2D eigenvalue weighted by Gasteiger charge is -2.41. The van der Waals surface area contributed by atoms with Crippen molar-refractivity contribution in [3.8, 4) is 0 Å². The minimum Gasteiger partial charge on any atom is -0.874 e. The third kappa shape index (κ3) is 8.97. The van der Waals surface area contributed by atoms with Gasteiger partial charge in [0.1, 0.15) is 32.4 Å². The highest BCUT2D eigenvalue weighted by Crippen LogP contribution is 2.42. The third-order valence-electron chi connectivity index (χ3n) is 9.11. The number of Topliss-reactive ketones (excluding diaryl/α,β-unsaturated/α-hetero) is 1. The summed E-state index contributed by atoms with van der Waals surface area (Å²) < 4.78 is 20.4. The highest BCUT2D eigenvalue weighted by Gasteiger charge is 2.39. The van der Waals surface area contributed by atoms with Gasteiger partial charge in [0.05, 0.1) is 26.5 Å². The van der Waals surface area contributed by atoms with Crippen LogP contribution in [0.3, 0.4) is 0 Å². The number of ketones is 3. The molecule has 0 saturated carbocycles. The Labute approximate surface area is 292 Å². The molecule has 1 aromatic carbocycles. The van der Waals surface area contributed by atoms with Crippen LogP contribution < -0.4 is 14.9 Å². The van der Waals surface area contributed by atoms with E-state index < -0.39 is 29.4 Å². The monoisotopic (exact) mass is 690 g/mol. The number of anilines is 1. The second-order valence-corrected chi connectivity index (χ2v) is 12.1. The Kier molecular flexibility index (Phi) is 13.3. The molecule has 4 rings (SSSR count). The number of hydrogen-bond donors (Lipinski definition) is 1. The van der Waals surface area contributed by atoms with Gasteiger partial charge in [0.2, 0.25) is 11.6 Å². The summed E-state index contributed by atoms with van der Waals surface area (Å²) in [6, 6.07) is 5.88. The number of likely N-dealkylation sites (N-methyl/N-ethyl adjacent to an activating group) is 1. The first-order valence-electron chi connectivity index (χ1n) is 17.0. The van der Waals surface area contributed by atoms with Gasteiger partial charge in [-0.1, -0.05) is 18.2 Å². The molecule has 0 saturated heterocycles. The highest BCUT2D eigenvalue weighted by atomic mass is 16.6. The third-order valence-corrected chi connectivity index (χ3v) is 9.11. The Morgan fingerprint density at radius 3 is 2.06 bits per heavy atom. The number of carbonyl (C=O) groups excluding carboxylic acids is 5. The maximum absolute atomic E-state index is 13.2. The molecule has 2 unspecified atom stereocenters. The molecule has 3 aliphatic carbocycles. The van der Waals surface area contributed by atoms with Gasteiger partial charge in [-0.2, -0.15) is 0 Å². The minimum atomic E-state index is -0.711. The van der Waals surface area contributed by atoms with E-state index in [1.54, 1.807) is 0 Å². The van der Waals surface area contributed by atoms with E-state index >= 15 is 0 Å². The molecule has 0 spiro atoms. The summed E-state index contributed by atoms with van der Waals surface area (Å²) in [5.74, 6) is -3.71. The molecule has 50 heavy (non-hydrogen) atoms. The van der Waals surface area contributed by atoms with Crippen LogP contribution in [0.2, 0.25) is 0 Å². The fourth-order valence-electron chi connectivity index (χ4n) is 6.25. The van der Waals surface area contributed by atoms with E-state index in [0.29, 0.717) is 12.1 Å². The summed E-state index contributed by atoms with van der Waals surface area (Å²) in [5.41, 5.74) is 2.98. The zero-order valence-electron chi connectivity index (χ0n) is 29.3. The van der Waals surface area contributed by atoms with Crippen LogP contribution in [0.15, 0.2) is 71.9 Å². The van der Waals surface area contributed by atoms with Crippen LogP contribution in [0.4, 0.5) is 5.69 Å². The number of quaternary nitrogens is 1. The van der Waals surface area contributed by atoms with E-state index in [0.717, 1.165) is 47.9 Å². The van der Waals surface area contributed by atoms with Crippen molar-refractivity contribution in [2.45, 2.75) is 46.6 Å². The zero-order valence-corrected chi connectivity index (χ0v) is 29.3. The highest BCUT2D eigenvalue weighted by molar-refractivity contribution is 6.30. The largest absolute Gasteiger partial charge is 0.874 e. The van der Waals surface area contributed by atoms with Gasteiger partial charge in [-0.3, -0.25) is 24.0 Å². The van der Waals surface area contributed by atoms with E-state index in [4.69, 9.17) is 18.9 Å². The molecule has 2 atom stereocenters. The van der Waals surface area contributed by atoms with E-state index in [1.807, 2.05) is 56.4 Å².